The van der Waals surface area contributed by atoms with Crippen LogP contribution < -0.4 is 0 Å². The predicted octanol–water partition coefficient (Wildman–Crippen LogP) is 5.12. The maximum Gasteiger partial charge on any atom is 0.338 e. The number of aromatic nitrogens is 1. The molecule has 0 radical (unpaired) electrons. The van der Waals surface area contributed by atoms with Crippen molar-refractivity contribution in [1.29, 1.82) is 0 Å². The quantitative estimate of drug-likeness (QED) is 0.412. The van der Waals surface area contributed by atoms with E-state index in [2.05, 4.69) is 9.56 Å². The van der Waals surface area contributed by atoms with E-state index in [0.29, 0.717) is 17.7 Å². The largest absolute Gasteiger partial charge is 0.465 e. The van der Waals surface area contributed by atoms with E-state index >= 15 is 0 Å². The molecule has 0 spiro atoms. The van der Waals surface area contributed by atoms with Gasteiger partial charge in [-0.1, -0.05) is 6.07 Å². The third kappa shape index (κ3) is 4.74. The van der Waals surface area contributed by atoms with E-state index in [0.717, 1.165) is 33.9 Å². The van der Waals surface area contributed by atoms with Gasteiger partial charge in [0.25, 0.3) is 0 Å². The maximum atomic E-state index is 12.1. The number of hydrogen-bond donors (Lipinski definition) is 0. The van der Waals surface area contributed by atoms with Gasteiger partial charge in [0.15, 0.2) is 0 Å². The van der Waals surface area contributed by atoms with E-state index in [9.17, 15) is 9.59 Å². The van der Waals surface area contributed by atoms with Crippen LogP contribution in [0.3, 0.4) is 0 Å². The van der Waals surface area contributed by atoms with Gasteiger partial charge < -0.3 is 14.0 Å². The Morgan fingerprint density at radius 3 is 2.42 bits per heavy atom. The van der Waals surface area contributed by atoms with Crippen LogP contribution in [0.2, 0.25) is 0 Å². The van der Waals surface area contributed by atoms with Crippen molar-refractivity contribution in [3.63, 3.8) is 0 Å². The molecule has 0 atom stereocenters. The maximum absolute atomic E-state index is 12.1. The minimum absolute atomic E-state index is 0.334. The van der Waals surface area contributed by atoms with E-state index < -0.39 is 0 Å². The molecule has 0 aliphatic rings. The van der Waals surface area contributed by atoms with Crippen molar-refractivity contribution in [3.8, 4) is 5.69 Å². The van der Waals surface area contributed by atoms with Crippen LogP contribution in [-0.2, 0) is 9.47 Å². The van der Waals surface area contributed by atoms with Crippen molar-refractivity contribution in [1.82, 2.24) is 4.57 Å². The third-order valence-corrected chi connectivity index (χ3v) is 5.05. The van der Waals surface area contributed by atoms with Crippen molar-refractivity contribution in [2.75, 3.05) is 13.7 Å². The summed E-state index contributed by atoms with van der Waals surface area (Å²) in [6, 6.07) is 14.7. The fraction of sp³-hybridized carbons (Fsp3) is 0.240. The predicted molar refractivity (Wildman–Crippen MR) is 121 cm³/mol. The van der Waals surface area contributed by atoms with Crippen LogP contribution in [0.15, 0.2) is 53.5 Å². The minimum Gasteiger partial charge on any atom is -0.465 e. The lowest BCUT2D eigenvalue weighted by atomic mass is 10.1. The number of esters is 2. The van der Waals surface area contributed by atoms with Crippen LogP contribution >= 0.6 is 0 Å². The zero-order chi connectivity index (χ0) is 22.5. The van der Waals surface area contributed by atoms with Gasteiger partial charge in [-0.05, 0) is 75.7 Å². The molecule has 0 aliphatic heterocycles. The molecule has 3 rings (SSSR count). The smallest absolute Gasteiger partial charge is 0.338 e. The molecular formula is C25H26N2O4. The molecule has 1 aromatic heterocycles. The highest BCUT2D eigenvalue weighted by Gasteiger charge is 2.13. The number of carbonyl (C=O) groups excluding carboxylic acids is 2. The van der Waals surface area contributed by atoms with Crippen molar-refractivity contribution in [2.45, 2.75) is 27.7 Å². The molecule has 3 aromatic rings. The number of carbonyl (C=O) groups is 2. The summed E-state index contributed by atoms with van der Waals surface area (Å²) in [5.74, 6) is -0.702. The normalized spacial score (nSPS) is 11.0. The molecule has 0 saturated heterocycles. The Morgan fingerprint density at radius 1 is 1.00 bits per heavy atom. The number of nitrogens with zero attached hydrogens (tertiary/aromatic N) is 2. The van der Waals surface area contributed by atoms with Crippen molar-refractivity contribution < 1.29 is 19.1 Å². The summed E-state index contributed by atoms with van der Waals surface area (Å²) >= 11 is 0. The molecule has 0 N–H and O–H groups in total. The number of rotatable bonds is 6. The Balaban J connectivity index is 1.91. The highest BCUT2D eigenvalue weighted by Crippen LogP contribution is 2.24. The van der Waals surface area contributed by atoms with Crippen LogP contribution in [0, 0.1) is 20.8 Å². The Labute approximate surface area is 182 Å². The summed E-state index contributed by atoms with van der Waals surface area (Å²) in [4.78, 5) is 28.4. The highest BCUT2D eigenvalue weighted by atomic mass is 16.5. The summed E-state index contributed by atoms with van der Waals surface area (Å²) in [6.45, 7) is 8.06. The molecule has 0 amide bonds. The van der Waals surface area contributed by atoms with Crippen LogP contribution in [-0.4, -0.2) is 36.4 Å². The summed E-state index contributed by atoms with van der Waals surface area (Å²) in [5.41, 5.74) is 6.57. The second kappa shape index (κ2) is 9.43. The lowest BCUT2D eigenvalue weighted by Crippen LogP contribution is -2.06. The van der Waals surface area contributed by atoms with E-state index in [4.69, 9.17) is 9.47 Å². The standard InChI is InChI=1S/C25H26N2O4/c1-6-31-25(29)19-8-7-9-22(14-19)27-17(3)13-21(18(27)4)15-26-23-11-10-20(12-16(23)2)24(28)30-5/h7-15H,6H2,1-5H3. The molecule has 2 aromatic carbocycles. The zero-order valence-corrected chi connectivity index (χ0v) is 18.4. The zero-order valence-electron chi connectivity index (χ0n) is 18.4. The SMILES string of the molecule is CCOC(=O)c1cccc(-n2c(C)cc(C=Nc3ccc(C(=O)OC)cc3C)c2C)c1. The summed E-state index contributed by atoms with van der Waals surface area (Å²) < 4.78 is 12.0. The Hall–Kier alpha value is -3.67. The van der Waals surface area contributed by atoms with Gasteiger partial charge in [0, 0.05) is 28.9 Å². The van der Waals surface area contributed by atoms with Gasteiger partial charge in [-0.15, -0.1) is 0 Å². The van der Waals surface area contributed by atoms with E-state index in [1.54, 1.807) is 31.2 Å². The Bertz CT molecular complexity index is 1160. The average Bonchev–Trinajstić information content (AvgIpc) is 3.05. The van der Waals surface area contributed by atoms with Gasteiger partial charge in [0.2, 0.25) is 0 Å². The number of benzene rings is 2. The summed E-state index contributed by atoms with van der Waals surface area (Å²) in [6.07, 6.45) is 1.81. The monoisotopic (exact) mass is 418 g/mol. The van der Waals surface area contributed by atoms with E-state index in [-0.39, 0.29) is 11.9 Å². The Morgan fingerprint density at radius 2 is 1.74 bits per heavy atom. The fourth-order valence-corrected chi connectivity index (χ4v) is 3.49. The number of ether oxygens (including phenoxy) is 2. The average molecular weight is 418 g/mol. The molecular weight excluding hydrogens is 392 g/mol. The first kappa shape index (κ1) is 22.0. The first-order chi connectivity index (χ1) is 14.8. The number of aryl methyl sites for hydroxylation is 2. The molecule has 160 valence electrons. The van der Waals surface area contributed by atoms with Crippen molar-refractivity contribution in [2.24, 2.45) is 4.99 Å². The van der Waals surface area contributed by atoms with Gasteiger partial charge >= 0.3 is 11.9 Å². The number of aliphatic imine (C=N–C) groups is 1. The molecule has 31 heavy (non-hydrogen) atoms. The van der Waals surface area contributed by atoms with Gasteiger partial charge in [0.1, 0.15) is 0 Å². The van der Waals surface area contributed by atoms with Gasteiger partial charge in [-0.3, -0.25) is 4.99 Å². The third-order valence-electron chi connectivity index (χ3n) is 5.05. The Kier molecular flexibility index (Phi) is 6.70. The molecule has 0 unspecified atom stereocenters. The molecule has 0 bridgehead atoms. The van der Waals surface area contributed by atoms with Crippen molar-refractivity contribution >= 4 is 23.8 Å². The minimum atomic E-state index is -0.368. The summed E-state index contributed by atoms with van der Waals surface area (Å²) in [7, 11) is 1.36. The molecule has 6 nitrogen and oxygen atoms in total. The second-order valence-corrected chi connectivity index (χ2v) is 7.18. The molecule has 0 fully saturated rings. The lowest BCUT2D eigenvalue weighted by Gasteiger charge is -2.11. The molecule has 0 saturated carbocycles. The van der Waals surface area contributed by atoms with Gasteiger partial charge in [0.05, 0.1) is 30.5 Å². The summed E-state index contributed by atoms with van der Waals surface area (Å²) in [5, 5.41) is 0. The fourth-order valence-electron chi connectivity index (χ4n) is 3.49. The number of hydrogen-bond acceptors (Lipinski definition) is 5. The number of methoxy groups -OCH3 is 1. The highest BCUT2D eigenvalue weighted by molar-refractivity contribution is 5.91. The molecule has 6 heteroatoms. The van der Waals surface area contributed by atoms with Gasteiger partial charge in [-0.2, -0.15) is 0 Å². The van der Waals surface area contributed by atoms with E-state index in [1.165, 1.54) is 7.11 Å². The second-order valence-electron chi connectivity index (χ2n) is 7.18. The van der Waals surface area contributed by atoms with Crippen LogP contribution in [0.25, 0.3) is 5.69 Å². The first-order valence-corrected chi connectivity index (χ1v) is 10.0. The van der Waals surface area contributed by atoms with Crippen LogP contribution in [0.5, 0.6) is 0 Å². The van der Waals surface area contributed by atoms with Crippen molar-refractivity contribution in [3.05, 3.63) is 82.2 Å². The van der Waals surface area contributed by atoms with Crippen LogP contribution in [0.1, 0.15) is 50.2 Å². The molecule has 0 aliphatic carbocycles. The topological polar surface area (TPSA) is 69.9 Å². The van der Waals surface area contributed by atoms with Crippen LogP contribution in [0.4, 0.5) is 5.69 Å². The first-order valence-electron chi connectivity index (χ1n) is 10.0. The molecule has 1 heterocycles. The lowest BCUT2D eigenvalue weighted by molar-refractivity contribution is 0.0525. The van der Waals surface area contributed by atoms with Gasteiger partial charge in [-0.25, -0.2) is 9.59 Å². The van der Waals surface area contributed by atoms with E-state index in [1.807, 2.05) is 51.3 Å².